The Morgan fingerprint density at radius 1 is 0.960 bits per heavy atom. The maximum absolute atomic E-state index is 11.2. The second-order valence-electron chi connectivity index (χ2n) is 5.25. The molecule has 1 atom stereocenters. The number of rotatable bonds is 5. The van der Waals surface area contributed by atoms with Crippen LogP contribution in [-0.4, -0.2) is 29.1 Å². The molecule has 0 saturated heterocycles. The average Bonchev–Trinajstić information content (AvgIpc) is 2.46. The van der Waals surface area contributed by atoms with Crippen molar-refractivity contribution in [2.75, 3.05) is 5.32 Å². The third-order valence-electron chi connectivity index (χ3n) is 3.16. The normalized spacial score (nSPS) is 11.2. The number of benzene rings is 2. The number of carboxylic acids is 1. The van der Waals surface area contributed by atoms with E-state index >= 15 is 0 Å². The first-order chi connectivity index (χ1) is 11.3. The monoisotopic (exact) mass is 367 g/mol. The second kappa shape index (κ2) is 8.34. The highest BCUT2D eigenvalue weighted by molar-refractivity contribution is 5.91. The first-order valence-electron chi connectivity index (χ1n) is 7.20. The molecule has 1 unspecified atom stereocenters. The van der Waals surface area contributed by atoms with Crippen LogP contribution in [0.15, 0.2) is 30.3 Å². The molecule has 7 nitrogen and oxygen atoms in total. The highest BCUT2D eigenvalue weighted by Gasteiger charge is 2.14. The van der Waals surface area contributed by atoms with Crippen LogP contribution in [0.1, 0.15) is 20.8 Å². The van der Waals surface area contributed by atoms with Crippen LogP contribution in [0.4, 0.5) is 5.69 Å². The molecule has 0 fully saturated rings. The summed E-state index contributed by atoms with van der Waals surface area (Å²) in [6, 6.07) is 7.57. The molecule has 2 aromatic carbocycles. The molecule has 25 heavy (non-hydrogen) atoms. The summed E-state index contributed by atoms with van der Waals surface area (Å²) < 4.78 is 10.2. The molecule has 2 N–H and O–H groups in total. The largest absolute Gasteiger partial charge is 0.480 e. The van der Waals surface area contributed by atoms with Gasteiger partial charge in [-0.2, -0.15) is 0 Å². The van der Waals surface area contributed by atoms with Gasteiger partial charge in [-0.05, 0) is 42.0 Å². The van der Waals surface area contributed by atoms with E-state index in [2.05, 4.69) is 5.32 Å². The van der Waals surface area contributed by atoms with E-state index in [0.29, 0.717) is 11.1 Å². The van der Waals surface area contributed by atoms with Crippen LogP contribution in [0.3, 0.4) is 0 Å². The molecule has 0 spiro atoms. The number of carboxylic acid groups (broad SMARTS) is 1. The smallest absolute Gasteiger partial charge is 0.325 e. The second-order valence-corrected chi connectivity index (χ2v) is 5.25. The molecule has 0 heterocycles. The molecular formula is C17H18ClNO6. The Balaban J connectivity index is 0.00000312. The van der Waals surface area contributed by atoms with Gasteiger partial charge in [0.15, 0.2) is 11.5 Å². The Morgan fingerprint density at radius 2 is 1.48 bits per heavy atom. The number of halogens is 1. The molecule has 0 radical (unpaired) electrons. The predicted octanol–water partition coefficient (Wildman–Crippen LogP) is 3.00. The van der Waals surface area contributed by atoms with E-state index < -0.39 is 23.9 Å². The quantitative estimate of drug-likeness (QED) is 0.618. The van der Waals surface area contributed by atoms with E-state index in [0.717, 1.165) is 5.39 Å². The van der Waals surface area contributed by atoms with Gasteiger partial charge in [-0.3, -0.25) is 14.4 Å². The van der Waals surface area contributed by atoms with E-state index in [1.54, 1.807) is 30.3 Å². The molecule has 134 valence electrons. The Morgan fingerprint density at radius 3 is 1.96 bits per heavy atom. The lowest BCUT2D eigenvalue weighted by molar-refractivity contribution is -0.137. The third-order valence-corrected chi connectivity index (χ3v) is 3.16. The van der Waals surface area contributed by atoms with Crippen molar-refractivity contribution in [2.45, 2.75) is 26.8 Å². The number of nitrogens with one attached hydrogen (secondary N) is 1. The molecule has 0 aromatic heterocycles. The minimum absolute atomic E-state index is 0. The van der Waals surface area contributed by atoms with Gasteiger partial charge in [0.1, 0.15) is 6.04 Å². The maximum Gasteiger partial charge on any atom is 0.325 e. The van der Waals surface area contributed by atoms with Crippen LogP contribution >= 0.6 is 12.4 Å². The average molecular weight is 368 g/mol. The van der Waals surface area contributed by atoms with Crippen LogP contribution in [0.25, 0.3) is 10.8 Å². The lowest BCUT2D eigenvalue weighted by Gasteiger charge is -2.13. The van der Waals surface area contributed by atoms with Crippen molar-refractivity contribution < 1.29 is 29.0 Å². The van der Waals surface area contributed by atoms with Crippen molar-refractivity contribution in [3.8, 4) is 11.5 Å². The van der Waals surface area contributed by atoms with Crippen LogP contribution in [0, 0.1) is 0 Å². The molecule has 8 heteroatoms. The number of anilines is 1. The first-order valence-corrected chi connectivity index (χ1v) is 7.20. The van der Waals surface area contributed by atoms with E-state index in [1.165, 1.54) is 20.8 Å². The van der Waals surface area contributed by atoms with Crippen LogP contribution in [-0.2, 0) is 14.4 Å². The fraction of sp³-hybridized carbons (Fsp3) is 0.235. The maximum atomic E-state index is 11.2. The SMILES string of the molecule is CC(=O)Oc1cc2ccc(NC(C)C(=O)O)cc2cc1OC(C)=O.Cl. The van der Waals surface area contributed by atoms with Crippen molar-refractivity contribution in [3.05, 3.63) is 30.3 Å². The van der Waals surface area contributed by atoms with Gasteiger partial charge in [0.05, 0.1) is 0 Å². The lowest BCUT2D eigenvalue weighted by atomic mass is 10.1. The van der Waals surface area contributed by atoms with Crippen molar-refractivity contribution in [1.82, 2.24) is 0 Å². The molecule has 2 rings (SSSR count). The van der Waals surface area contributed by atoms with E-state index in [1.807, 2.05) is 0 Å². The molecule has 0 aliphatic carbocycles. The Labute approximate surface area is 150 Å². The number of aliphatic carboxylic acids is 1. The topological polar surface area (TPSA) is 102 Å². The van der Waals surface area contributed by atoms with E-state index in [9.17, 15) is 14.4 Å². The molecule has 0 amide bonds. The Kier molecular flexibility index (Phi) is 6.76. The van der Waals surface area contributed by atoms with E-state index in [-0.39, 0.29) is 23.9 Å². The summed E-state index contributed by atoms with van der Waals surface area (Å²) >= 11 is 0. The summed E-state index contributed by atoms with van der Waals surface area (Å²) in [6.07, 6.45) is 0. The molecule has 0 aliphatic heterocycles. The summed E-state index contributed by atoms with van der Waals surface area (Å²) in [6.45, 7) is 4.02. The van der Waals surface area contributed by atoms with Crippen molar-refractivity contribution in [2.24, 2.45) is 0 Å². The fourth-order valence-electron chi connectivity index (χ4n) is 2.13. The van der Waals surface area contributed by atoms with Gasteiger partial charge >= 0.3 is 17.9 Å². The molecule has 2 aromatic rings. The molecule has 0 aliphatic rings. The van der Waals surface area contributed by atoms with Crippen molar-refractivity contribution in [3.63, 3.8) is 0 Å². The van der Waals surface area contributed by atoms with Crippen LogP contribution < -0.4 is 14.8 Å². The Bertz CT molecular complexity index is 820. The van der Waals surface area contributed by atoms with Gasteiger partial charge in [0, 0.05) is 19.5 Å². The fourth-order valence-corrected chi connectivity index (χ4v) is 2.13. The molecular weight excluding hydrogens is 350 g/mol. The van der Waals surface area contributed by atoms with Gasteiger partial charge in [-0.1, -0.05) is 6.07 Å². The van der Waals surface area contributed by atoms with Crippen molar-refractivity contribution in [1.29, 1.82) is 0 Å². The zero-order valence-corrected chi connectivity index (χ0v) is 14.7. The zero-order chi connectivity index (χ0) is 17.9. The number of fused-ring (bicyclic) bond motifs is 1. The van der Waals surface area contributed by atoms with Crippen LogP contribution in [0.2, 0.25) is 0 Å². The summed E-state index contributed by atoms with van der Waals surface area (Å²) in [5, 5.41) is 13.2. The molecule has 0 saturated carbocycles. The minimum Gasteiger partial charge on any atom is -0.480 e. The summed E-state index contributed by atoms with van der Waals surface area (Å²) in [4.78, 5) is 33.4. The lowest BCUT2D eigenvalue weighted by Crippen LogP contribution is -2.25. The third kappa shape index (κ3) is 5.36. The standard InChI is InChI=1S/C17H17NO6.ClH/c1-9(17(21)22)18-14-5-4-12-7-15(23-10(2)19)16(24-11(3)20)8-13(12)6-14;/h4-9,18H,1-3H3,(H,21,22);1H. The van der Waals surface area contributed by atoms with Gasteiger partial charge in [-0.15, -0.1) is 12.4 Å². The van der Waals surface area contributed by atoms with Crippen molar-refractivity contribution >= 4 is 46.8 Å². The summed E-state index contributed by atoms with van der Waals surface area (Å²) in [5.74, 6) is -1.78. The van der Waals surface area contributed by atoms with Crippen LogP contribution in [0.5, 0.6) is 11.5 Å². The highest BCUT2D eigenvalue weighted by Crippen LogP contribution is 2.34. The number of hydrogen-bond donors (Lipinski definition) is 2. The summed E-state index contributed by atoms with van der Waals surface area (Å²) in [7, 11) is 0. The van der Waals surface area contributed by atoms with Gasteiger partial charge in [-0.25, -0.2) is 0 Å². The number of esters is 2. The number of carbonyl (C=O) groups is 3. The van der Waals surface area contributed by atoms with Gasteiger partial charge < -0.3 is 19.9 Å². The molecule has 0 bridgehead atoms. The van der Waals surface area contributed by atoms with Gasteiger partial charge in [0.25, 0.3) is 0 Å². The van der Waals surface area contributed by atoms with E-state index in [4.69, 9.17) is 14.6 Å². The zero-order valence-electron chi connectivity index (χ0n) is 13.9. The summed E-state index contributed by atoms with van der Waals surface area (Å²) in [5.41, 5.74) is 0.603. The number of ether oxygens (including phenoxy) is 2. The van der Waals surface area contributed by atoms with Gasteiger partial charge in [0.2, 0.25) is 0 Å². The highest BCUT2D eigenvalue weighted by atomic mass is 35.5. The number of carbonyl (C=O) groups excluding carboxylic acids is 2. The first kappa shape index (κ1) is 20.2. The number of hydrogen-bond acceptors (Lipinski definition) is 6. The minimum atomic E-state index is -0.971. The predicted molar refractivity (Wildman–Crippen MR) is 94.5 cm³/mol. The Hall–Kier alpha value is -2.80.